The standard InChI is InChI=1S/C28H27NO3/c1-4-31-26-15-13-23(28(30)29-27-19(2)8-7-9-20(27)3)16-24(26)18-32-25-14-12-21-10-5-6-11-22(21)17-25/h5-17H,4,18H2,1-3H3,(H,29,30). The summed E-state index contributed by atoms with van der Waals surface area (Å²) >= 11 is 0. The summed E-state index contributed by atoms with van der Waals surface area (Å²) in [6, 6.07) is 25.6. The molecule has 162 valence electrons. The fourth-order valence-electron chi connectivity index (χ4n) is 3.75. The first-order valence-electron chi connectivity index (χ1n) is 10.8. The molecule has 4 rings (SSSR count). The van der Waals surface area contributed by atoms with Gasteiger partial charge in [-0.05, 0) is 73.0 Å². The van der Waals surface area contributed by atoms with Gasteiger partial charge in [0.1, 0.15) is 18.1 Å². The van der Waals surface area contributed by atoms with Crippen molar-refractivity contribution in [3.63, 3.8) is 0 Å². The van der Waals surface area contributed by atoms with Gasteiger partial charge in [0.2, 0.25) is 0 Å². The summed E-state index contributed by atoms with van der Waals surface area (Å²) in [7, 11) is 0. The number of para-hydroxylation sites is 1. The molecule has 4 aromatic carbocycles. The van der Waals surface area contributed by atoms with Gasteiger partial charge in [0.15, 0.2) is 0 Å². The number of ether oxygens (including phenoxy) is 2. The molecule has 1 N–H and O–H groups in total. The van der Waals surface area contributed by atoms with Crippen molar-refractivity contribution in [2.75, 3.05) is 11.9 Å². The van der Waals surface area contributed by atoms with Crippen molar-refractivity contribution in [1.82, 2.24) is 0 Å². The average molecular weight is 426 g/mol. The summed E-state index contributed by atoms with van der Waals surface area (Å²) in [4.78, 5) is 13.0. The highest BCUT2D eigenvalue weighted by atomic mass is 16.5. The third-order valence-electron chi connectivity index (χ3n) is 5.46. The summed E-state index contributed by atoms with van der Waals surface area (Å²) in [5, 5.41) is 5.34. The van der Waals surface area contributed by atoms with Crippen LogP contribution in [0.15, 0.2) is 78.9 Å². The summed E-state index contributed by atoms with van der Waals surface area (Å²) in [6.07, 6.45) is 0. The first kappa shape index (κ1) is 21.4. The van der Waals surface area contributed by atoms with Crippen LogP contribution in [0.2, 0.25) is 0 Å². The van der Waals surface area contributed by atoms with Crippen LogP contribution in [0.4, 0.5) is 5.69 Å². The van der Waals surface area contributed by atoms with Crippen molar-refractivity contribution >= 4 is 22.4 Å². The van der Waals surface area contributed by atoms with Crippen molar-refractivity contribution in [1.29, 1.82) is 0 Å². The van der Waals surface area contributed by atoms with Gasteiger partial charge in [-0.1, -0.05) is 48.5 Å². The first-order valence-corrected chi connectivity index (χ1v) is 10.8. The quantitative estimate of drug-likeness (QED) is 0.359. The van der Waals surface area contributed by atoms with E-state index in [9.17, 15) is 4.79 Å². The second-order valence-corrected chi connectivity index (χ2v) is 7.77. The lowest BCUT2D eigenvalue weighted by Crippen LogP contribution is -2.14. The Kier molecular flexibility index (Phi) is 6.41. The van der Waals surface area contributed by atoms with Gasteiger partial charge in [0, 0.05) is 16.8 Å². The third-order valence-corrected chi connectivity index (χ3v) is 5.46. The van der Waals surface area contributed by atoms with E-state index in [4.69, 9.17) is 9.47 Å². The number of benzene rings is 4. The summed E-state index contributed by atoms with van der Waals surface area (Å²) in [5.41, 5.74) is 4.30. The molecule has 4 heteroatoms. The normalized spacial score (nSPS) is 10.7. The molecule has 0 aliphatic heterocycles. The minimum Gasteiger partial charge on any atom is -0.493 e. The predicted molar refractivity (Wildman–Crippen MR) is 130 cm³/mol. The van der Waals surface area contributed by atoms with E-state index in [1.54, 1.807) is 6.07 Å². The van der Waals surface area contributed by atoms with Crippen LogP contribution in [0.5, 0.6) is 11.5 Å². The highest BCUT2D eigenvalue weighted by molar-refractivity contribution is 6.05. The molecule has 0 bridgehead atoms. The van der Waals surface area contributed by atoms with E-state index < -0.39 is 0 Å². The van der Waals surface area contributed by atoms with E-state index in [1.807, 2.05) is 81.4 Å². The molecule has 32 heavy (non-hydrogen) atoms. The molecule has 0 radical (unpaired) electrons. The summed E-state index contributed by atoms with van der Waals surface area (Å²) < 4.78 is 11.8. The topological polar surface area (TPSA) is 47.6 Å². The van der Waals surface area contributed by atoms with Crippen LogP contribution in [0.1, 0.15) is 34.0 Å². The van der Waals surface area contributed by atoms with Crippen LogP contribution in [-0.2, 0) is 6.61 Å². The van der Waals surface area contributed by atoms with Gasteiger partial charge in [0.05, 0.1) is 6.61 Å². The summed E-state index contributed by atoms with van der Waals surface area (Å²) in [5.74, 6) is 1.34. The lowest BCUT2D eigenvalue weighted by Gasteiger charge is -2.15. The lowest BCUT2D eigenvalue weighted by molar-refractivity contribution is 0.102. The van der Waals surface area contributed by atoms with Crippen LogP contribution >= 0.6 is 0 Å². The largest absolute Gasteiger partial charge is 0.493 e. The van der Waals surface area contributed by atoms with Crippen molar-refractivity contribution in [2.45, 2.75) is 27.4 Å². The molecule has 1 amide bonds. The number of hydrogen-bond donors (Lipinski definition) is 1. The Bertz CT molecular complexity index is 1240. The van der Waals surface area contributed by atoms with Gasteiger partial charge in [-0.15, -0.1) is 0 Å². The maximum atomic E-state index is 13.0. The Balaban J connectivity index is 1.56. The lowest BCUT2D eigenvalue weighted by atomic mass is 10.1. The molecule has 0 spiro atoms. The van der Waals surface area contributed by atoms with Crippen LogP contribution in [0, 0.1) is 13.8 Å². The fraction of sp³-hybridized carbons (Fsp3) is 0.179. The van der Waals surface area contributed by atoms with E-state index in [2.05, 4.69) is 17.4 Å². The van der Waals surface area contributed by atoms with Gasteiger partial charge >= 0.3 is 0 Å². The van der Waals surface area contributed by atoms with E-state index in [-0.39, 0.29) is 5.91 Å². The maximum absolute atomic E-state index is 13.0. The smallest absolute Gasteiger partial charge is 0.255 e. The van der Waals surface area contributed by atoms with E-state index >= 15 is 0 Å². The van der Waals surface area contributed by atoms with Crippen molar-refractivity contribution < 1.29 is 14.3 Å². The number of amides is 1. The number of rotatable bonds is 7. The van der Waals surface area contributed by atoms with Crippen molar-refractivity contribution in [3.8, 4) is 11.5 Å². The van der Waals surface area contributed by atoms with E-state index in [0.29, 0.717) is 18.8 Å². The number of fused-ring (bicyclic) bond motifs is 1. The maximum Gasteiger partial charge on any atom is 0.255 e. The zero-order valence-electron chi connectivity index (χ0n) is 18.6. The van der Waals surface area contributed by atoms with E-state index in [1.165, 1.54) is 5.39 Å². The molecule has 0 aromatic heterocycles. The SMILES string of the molecule is CCOc1ccc(C(=O)Nc2c(C)cccc2C)cc1COc1ccc2ccccc2c1. The molecule has 0 saturated carbocycles. The van der Waals surface area contributed by atoms with Gasteiger partial charge in [-0.3, -0.25) is 4.79 Å². The fourth-order valence-corrected chi connectivity index (χ4v) is 3.75. The molecule has 0 saturated heterocycles. The van der Waals surface area contributed by atoms with Crippen LogP contribution in [-0.4, -0.2) is 12.5 Å². The molecular weight excluding hydrogens is 398 g/mol. The molecule has 0 atom stereocenters. The monoisotopic (exact) mass is 425 g/mol. The van der Waals surface area contributed by atoms with Gasteiger partial charge in [0.25, 0.3) is 5.91 Å². The van der Waals surface area contributed by atoms with Crippen LogP contribution in [0.25, 0.3) is 10.8 Å². The Morgan fingerprint density at radius 1 is 0.812 bits per heavy atom. The number of aryl methyl sites for hydroxylation is 2. The highest BCUT2D eigenvalue weighted by Crippen LogP contribution is 2.26. The number of hydrogen-bond acceptors (Lipinski definition) is 3. The number of carbonyl (C=O) groups is 1. The third kappa shape index (κ3) is 4.75. The molecule has 4 nitrogen and oxygen atoms in total. The Labute approximate surface area is 188 Å². The molecule has 0 unspecified atom stereocenters. The highest BCUT2D eigenvalue weighted by Gasteiger charge is 2.14. The van der Waals surface area contributed by atoms with Gasteiger partial charge in [-0.25, -0.2) is 0 Å². The number of carbonyl (C=O) groups excluding carboxylic acids is 1. The Morgan fingerprint density at radius 3 is 2.31 bits per heavy atom. The second kappa shape index (κ2) is 9.56. The Morgan fingerprint density at radius 2 is 1.56 bits per heavy atom. The van der Waals surface area contributed by atoms with Gasteiger partial charge < -0.3 is 14.8 Å². The molecule has 4 aromatic rings. The zero-order chi connectivity index (χ0) is 22.5. The van der Waals surface area contributed by atoms with Gasteiger partial charge in [-0.2, -0.15) is 0 Å². The zero-order valence-corrected chi connectivity index (χ0v) is 18.6. The molecule has 0 aliphatic carbocycles. The summed E-state index contributed by atoms with van der Waals surface area (Å²) in [6.45, 7) is 6.76. The van der Waals surface area contributed by atoms with Crippen molar-refractivity contribution in [2.24, 2.45) is 0 Å². The number of anilines is 1. The van der Waals surface area contributed by atoms with E-state index in [0.717, 1.165) is 39.3 Å². The van der Waals surface area contributed by atoms with Crippen LogP contribution in [0.3, 0.4) is 0 Å². The van der Waals surface area contributed by atoms with Crippen molar-refractivity contribution in [3.05, 3.63) is 101 Å². The number of nitrogens with one attached hydrogen (secondary N) is 1. The Hall–Kier alpha value is -3.79. The molecule has 0 heterocycles. The van der Waals surface area contributed by atoms with Crippen LogP contribution < -0.4 is 14.8 Å². The average Bonchev–Trinajstić information content (AvgIpc) is 2.80. The molecular formula is C28H27NO3. The second-order valence-electron chi connectivity index (χ2n) is 7.77. The predicted octanol–water partition coefficient (Wildman–Crippen LogP) is 6.69. The molecule has 0 aliphatic rings. The minimum atomic E-state index is -0.155. The minimum absolute atomic E-state index is 0.155. The molecule has 0 fully saturated rings. The first-order chi connectivity index (χ1) is 15.5.